The molecule has 0 radical (unpaired) electrons. The first-order valence-electron chi connectivity index (χ1n) is 6.21. The van der Waals surface area contributed by atoms with E-state index in [0.717, 1.165) is 0 Å². The largest absolute Gasteiger partial charge is 0.497 e. The van der Waals surface area contributed by atoms with Crippen LogP contribution in [0.4, 0.5) is 0 Å². The van der Waals surface area contributed by atoms with E-state index in [-0.39, 0.29) is 23.1 Å². The van der Waals surface area contributed by atoms with E-state index in [4.69, 9.17) is 9.47 Å². The molecule has 0 spiro atoms. The molecule has 0 saturated heterocycles. The number of methoxy groups -OCH3 is 2. The van der Waals surface area contributed by atoms with Crippen molar-refractivity contribution in [2.45, 2.75) is 24.8 Å². The molecule has 0 aliphatic rings. The van der Waals surface area contributed by atoms with Crippen molar-refractivity contribution in [3.63, 3.8) is 0 Å². The van der Waals surface area contributed by atoms with Gasteiger partial charge in [-0.3, -0.25) is 0 Å². The molecule has 1 aromatic rings. The van der Waals surface area contributed by atoms with Crippen LogP contribution in [0.15, 0.2) is 23.1 Å². The van der Waals surface area contributed by atoms with E-state index in [1.807, 2.05) is 13.8 Å². The SMILES string of the molecule is COc1ccc(OC)c(S(=O)(=O)NCC(O)C(C)C)c1. The molecule has 0 heterocycles. The van der Waals surface area contributed by atoms with Crippen LogP contribution in [0.2, 0.25) is 0 Å². The van der Waals surface area contributed by atoms with Gasteiger partial charge in [0.05, 0.1) is 20.3 Å². The number of rotatable bonds is 7. The van der Waals surface area contributed by atoms with Gasteiger partial charge in [-0.05, 0) is 18.1 Å². The van der Waals surface area contributed by atoms with Crippen LogP contribution in [-0.4, -0.2) is 40.4 Å². The second-order valence-electron chi connectivity index (χ2n) is 4.68. The molecule has 0 bridgehead atoms. The second-order valence-corrected chi connectivity index (χ2v) is 6.42. The molecule has 1 aromatic carbocycles. The summed E-state index contributed by atoms with van der Waals surface area (Å²) in [7, 11) is -0.934. The lowest BCUT2D eigenvalue weighted by Crippen LogP contribution is -2.34. The lowest BCUT2D eigenvalue weighted by atomic mass is 10.1. The van der Waals surface area contributed by atoms with Crippen molar-refractivity contribution in [1.82, 2.24) is 4.72 Å². The molecule has 0 amide bonds. The molecule has 1 atom stereocenters. The fourth-order valence-corrected chi connectivity index (χ4v) is 2.74. The Kier molecular flexibility index (Phi) is 5.79. The van der Waals surface area contributed by atoms with Crippen LogP contribution in [0.5, 0.6) is 11.5 Å². The first-order valence-corrected chi connectivity index (χ1v) is 7.70. The van der Waals surface area contributed by atoms with Crippen molar-refractivity contribution >= 4 is 10.0 Å². The third kappa shape index (κ3) is 4.09. The van der Waals surface area contributed by atoms with Gasteiger partial charge < -0.3 is 14.6 Å². The third-order valence-corrected chi connectivity index (χ3v) is 4.36. The lowest BCUT2D eigenvalue weighted by molar-refractivity contribution is 0.129. The topological polar surface area (TPSA) is 84.9 Å². The fourth-order valence-electron chi connectivity index (χ4n) is 1.50. The maximum absolute atomic E-state index is 12.2. The zero-order valence-electron chi connectivity index (χ0n) is 12.1. The molecule has 0 fully saturated rings. The Labute approximate surface area is 119 Å². The number of hydrogen-bond acceptors (Lipinski definition) is 5. The Morgan fingerprint density at radius 3 is 2.40 bits per heavy atom. The molecule has 6 nitrogen and oxygen atoms in total. The van der Waals surface area contributed by atoms with Crippen molar-refractivity contribution in [1.29, 1.82) is 0 Å². The van der Waals surface area contributed by atoms with Crippen LogP contribution >= 0.6 is 0 Å². The van der Waals surface area contributed by atoms with Gasteiger partial charge in [0.25, 0.3) is 0 Å². The van der Waals surface area contributed by atoms with Crippen LogP contribution in [0.25, 0.3) is 0 Å². The van der Waals surface area contributed by atoms with E-state index in [1.54, 1.807) is 6.07 Å². The Hall–Kier alpha value is -1.31. The van der Waals surface area contributed by atoms with Crippen LogP contribution in [0.1, 0.15) is 13.8 Å². The van der Waals surface area contributed by atoms with Gasteiger partial charge >= 0.3 is 0 Å². The number of benzene rings is 1. The standard InChI is InChI=1S/C13H21NO5S/c1-9(2)11(15)8-14-20(16,17)13-7-10(18-3)5-6-12(13)19-4/h5-7,9,11,14-15H,8H2,1-4H3. The van der Waals surface area contributed by atoms with Gasteiger partial charge in [-0.2, -0.15) is 0 Å². The summed E-state index contributed by atoms with van der Waals surface area (Å²) in [5.74, 6) is 0.595. The first kappa shape index (κ1) is 16.7. The molecule has 0 aliphatic heterocycles. The molecule has 1 rings (SSSR count). The van der Waals surface area contributed by atoms with E-state index < -0.39 is 16.1 Å². The monoisotopic (exact) mass is 303 g/mol. The fraction of sp³-hybridized carbons (Fsp3) is 0.538. The van der Waals surface area contributed by atoms with Gasteiger partial charge in [-0.1, -0.05) is 13.8 Å². The molecule has 2 N–H and O–H groups in total. The van der Waals surface area contributed by atoms with Crippen molar-refractivity contribution < 1.29 is 23.0 Å². The number of hydrogen-bond donors (Lipinski definition) is 2. The highest BCUT2D eigenvalue weighted by Crippen LogP contribution is 2.27. The van der Waals surface area contributed by atoms with E-state index in [0.29, 0.717) is 5.75 Å². The third-order valence-electron chi connectivity index (χ3n) is 2.91. The predicted molar refractivity (Wildman–Crippen MR) is 75.6 cm³/mol. The molecule has 1 unspecified atom stereocenters. The molecule has 20 heavy (non-hydrogen) atoms. The Morgan fingerprint density at radius 1 is 1.25 bits per heavy atom. The average molecular weight is 303 g/mol. The van der Waals surface area contributed by atoms with Crippen molar-refractivity contribution in [2.75, 3.05) is 20.8 Å². The van der Waals surface area contributed by atoms with Gasteiger partial charge in [0.1, 0.15) is 16.4 Å². The summed E-state index contributed by atoms with van der Waals surface area (Å²) in [6.07, 6.45) is -0.749. The van der Waals surface area contributed by atoms with Crippen LogP contribution in [0.3, 0.4) is 0 Å². The van der Waals surface area contributed by atoms with Crippen molar-refractivity contribution in [3.05, 3.63) is 18.2 Å². The lowest BCUT2D eigenvalue weighted by Gasteiger charge is -2.16. The van der Waals surface area contributed by atoms with E-state index >= 15 is 0 Å². The zero-order valence-corrected chi connectivity index (χ0v) is 12.9. The highest BCUT2D eigenvalue weighted by Gasteiger charge is 2.22. The highest BCUT2D eigenvalue weighted by molar-refractivity contribution is 7.89. The molecule has 7 heteroatoms. The summed E-state index contributed by atoms with van der Waals surface area (Å²) in [5.41, 5.74) is 0. The van der Waals surface area contributed by atoms with Gasteiger partial charge in [0, 0.05) is 12.6 Å². The number of aliphatic hydroxyl groups is 1. The molecular formula is C13H21NO5S. The Bertz CT molecular complexity index is 542. The molecule has 0 saturated carbocycles. The number of sulfonamides is 1. The van der Waals surface area contributed by atoms with Gasteiger partial charge in [0.15, 0.2) is 0 Å². The van der Waals surface area contributed by atoms with E-state index in [1.165, 1.54) is 26.4 Å². The Balaban J connectivity index is 3.02. The van der Waals surface area contributed by atoms with Gasteiger partial charge in [-0.15, -0.1) is 0 Å². The summed E-state index contributed by atoms with van der Waals surface area (Å²) in [6, 6.07) is 4.51. The number of nitrogens with one attached hydrogen (secondary N) is 1. The molecule has 0 aliphatic carbocycles. The summed E-state index contributed by atoms with van der Waals surface area (Å²) in [4.78, 5) is -0.0182. The summed E-state index contributed by atoms with van der Waals surface area (Å²) < 4.78 is 36.9. The quantitative estimate of drug-likeness (QED) is 0.785. The smallest absolute Gasteiger partial charge is 0.244 e. The molecule has 114 valence electrons. The minimum absolute atomic E-state index is 0.0182. The molecule has 0 aromatic heterocycles. The molecular weight excluding hydrogens is 282 g/mol. The highest BCUT2D eigenvalue weighted by atomic mass is 32.2. The van der Waals surface area contributed by atoms with Gasteiger partial charge in [-0.25, -0.2) is 13.1 Å². The van der Waals surface area contributed by atoms with Crippen molar-refractivity contribution in [2.24, 2.45) is 5.92 Å². The summed E-state index contributed by atoms with van der Waals surface area (Å²) in [6.45, 7) is 3.57. The first-order chi connectivity index (χ1) is 9.31. The minimum Gasteiger partial charge on any atom is -0.497 e. The summed E-state index contributed by atoms with van der Waals surface area (Å²) in [5, 5.41) is 9.68. The number of ether oxygens (including phenoxy) is 2. The van der Waals surface area contributed by atoms with E-state index in [2.05, 4.69) is 4.72 Å². The van der Waals surface area contributed by atoms with Crippen LogP contribution < -0.4 is 14.2 Å². The van der Waals surface area contributed by atoms with Crippen molar-refractivity contribution in [3.8, 4) is 11.5 Å². The number of aliphatic hydroxyl groups excluding tert-OH is 1. The van der Waals surface area contributed by atoms with Gasteiger partial charge in [0.2, 0.25) is 10.0 Å². The maximum atomic E-state index is 12.2. The van der Waals surface area contributed by atoms with Crippen LogP contribution in [0, 0.1) is 5.92 Å². The van der Waals surface area contributed by atoms with Crippen LogP contribution in [-0.2, 0) is 10.0 Å². The maximum Gasteiger partial charge on any atom is 0.244 e. The summed E-state index contributed by atoms with van der Waals surface area (Å²) >= 11 is 0. The normalized spacial score (nSPS) is 13.3. The van der Waals surface area contributed by atoms with E-state index in [9.17, 15) is 13.5 Å². The minimum atomic E-state index is -3.78. The second kappa shape index (κ2) is 6.92. The average Bonchev–Trinajstić information content (AvgIpc) is 2.43. The zero-order chi connectivity index (χ0) is 15.3. The predicted octanol–water partition coefficient (Wildman–Crippen LogP) is 0.999. The Morgan fingerprint density at radius 2 is 1.90 bits per heavy atom.